The summed E-state index contributed by atoms with van der Waals surface area (Å²) in [4.78, 5) is 14.0. The molecule has 2 N–H and O–H groups in total. The number of nitrogens with zero attached hydrogens (tertiary/aromatic N) is 1. The van der Waals surface area contributed by atoms with E-state index in [4.69, 9.17) is 15.2 Å². The highest BCUT2D eigenvalue weighted by Crippen LogP contribution is 2.39. The summed E-state index contributed by atoms with van der Waals surface area (Å²) in [5.74, 6) is 0. The van der Waals surface area contributed by atoms with Gasteiger partial charge < -0.3 is 20.1 Å². The summed E-state index contributed by atoms with van der Waals surface area (Å²) in [6.07, 6.45) is 2.88. The number of hydrogen-bond acceptors (Lipinski definition) is 4. The van der Waals surface area contributed by atoms with E-state index in [0.29, 0.717) is 19.6 Å². The molecule has 0 aromatic rings. The van der Waals surface area contributed by atoms with Gasteiger partial charge in [0.2, 0.25) is 0 Å². The smallest absolute Gasteiger partial charge is 0.410 e. The van der Waals surface area contributed by atoms with E-state index in [0.717, 1.165) is 25.9 Å². The van der Waals surface area contributed by atoms with E-state index < -0.39 is 5.60 Å². The van der Waals surface area contributed by atoms with Crippen molar-refractivity contribution in [3.8, 4) is 0 Å². The zero-order valence-electron chi connectivity index (χ0n) is 12.3. The second-order valence-electron chi connectivity index (χ2n) is 6.72. The zero-order chi connectivity index (χ0) is 14.1. The third-order valence-electron chi connectivity index (χ3n) is 4.05. The molecule has 2 atom stereocenters. The minimum Gasteiger partial charge on any atom is -0.444 e. The molecule has 5 heteroatoms. The van der Waals surface area contributed by atoms with Crippen molar-refractivity contribution in [3.05, 3.63) is 0 Å². The van der Waals surface area contributed by atoms with Gasteiger partial charge in [0.05, 0.1) is 6.10 Å². The fourth-order valence-electron chi connectivity index (χ4n) is 3.07. The predicted octanol–water partition coefficient (Wildman–Crippen LogP) is 1.75. The summed E-state index contributed by atoms with van der Waals surface area (Å²) in [6, 6.07) is 0. The van der Waals surface area contributed by atoms with E-state index in [1.165, 1.54) is 0 Å². The Hall–Kier alpha value is -0.810. The number of hydrogen-bond donors (Lipinski definition) is 1. The molecule has 2 fully saturated rings. The van der Waals surface area contributed by atoms with Crippen LogP contribution in [-0.4, -0.2) is 48.9 Å². The molecular formula is C14H26N2O3. The van der Waals surface area contributed by atoms with Gasteiger partial charge in [0.25, 0.3) is 0 Å². The molecule has 0 aromatic carbocycles. The normalized spacial score (nSPS) is 31.8. The van der Waals surface area contributed by atoms with Crippen LogP contribution in [0, 0.1) is 5.41 Å². The van der Waals surface area contributed by atoms with Crippen molar-refractivity contribution in [2.45, 2.75) is 51.7 Å². The number of carbonyl (C=O) groups excluding carboxylic acids is 1. The van der Waals surface area contributed by atoms with Gasteiger partial charge in [-0.2, -0.15) is 0 Å². The van der Waals surface area contributed by atoms with Crippen molar-refractivity contribution in [2.24, 2.45) is 11.1 Å². The first kappa shape index (κ1) is 14.6. The monoisotopic (exact) mass is 270 g/mol. The van der Waals surface area contributed by atoms with Crippen molar-refractivity contribution < 1.29 is 14.3 Å². The van der Waals surface area contributed by atoms with Crippen molar-refractivity contribution in [1.82, 2.24) is 4.90 Å². The Morgan fingerprint density at radius 2 is 2.26 bits per heavy atom. The number of amides is 1. The lowest BCUT2D eigenvalue weighted by molar-refractivity contribution is -0.119. The average Bonchev–Trinajstić information content (AvgIpc) is 2.36. The average molecular weight is 270 g/mol. The van der Waals surface area contributed by atoms with Crippen LogP contribution in [-0.2, 0) is 9.47 Å². The van der Waals surface area contributed by atoms with E-state index in [1.807, 2.05) is 20.8 Å². The molecule has 2 rings (SSSR count). The highest BCUT2D eigenvalue weighted by Gasteiger charge is 2.46. The van der Waals surface area contributed by atoms with Crippen LogP contribution in [0.1, 0.15) is 40.0 Å². The number of carbonyl (C=O) groups is 1. The van der Waals surface area contributed by atoms with Gasteiger partial charge in [0, 0.05) is 31.7 Å². The molecule has 0 aliphatic carbocycles. The molecule has 2 heterocycles. The minimum atomic E-state index is -0.452. The number of ether oxygens (including phenoxy) is 2. The number of likely N-dealkylation sites (tertiary alicyclic amines) is 1. The number of nitrogens with two attached hydrogens (primary N) is 1. The predicted molar refractivity (Wildman–Crippen MR) is 72.9 cm³/mol. The summed E-state index contributed by atoms with van der Waals surface area (Å²) in [5.41, 5.74) is 5.45. The molecule has 2 saturated heterocycles. The molecule has 5 nitrogen and oxygen atoms in total. The van der Waals surface area contributed by atoms with Crippen LogP contribution in [0.25, 0.3) is 0 Å². The van der Waals surface area contributed by atoms with E-state index in [1.54, 1.807) is 4.90 Å². The second-order valence-corrected chi connectivity index (χ2v) is 6.72. The quantitative estimate of drug-likeness (QED) is 0.788. The highest BCUT2D eigenvalue weighted by molar-refractivity contribution is 5.68. The van der Waals surface area contributed by atoms with Crippen LogP contribution in [0.15, 0.2) is 0 Å². The Morgan fingerprint density at radius 3 is 2.89 bits per heavy atom. The summed E-state index contributed by atoms with van der Waals surface area (Å²) in [5, 5.41) is 0. The van der Waals surface area contributed by atoms with Crippen molar-refractivity contribution in [1.29, 1.82) is 0 Å². The Kier molecular flexibility index (Phi) is 4.06. The van der Waals surface area contributed by atoms with Crippen LogP contribution in [0.3, 0.4) is 0 Å². The largest absolute Gasteiger partial charge is 0.444 e. The van der Waals surface area contributed by atoms with Crippen LogP contribution in [0.2, 0.25) is 0 Å². The minimum absolute atomic E-state index is 0.0760. The lowest BCUT2D eigenvalue weighted by Crippen LogP contribution is -2.59. The summed E-state index contributed by atoms with van der Waals surface area (Å²) in [7, 11) is 0. The Bertz CT molecular complexity index is 340. The van der Waals surface area contributed by atoms with Gasteiger partial charge in [0.1, 0.15) is 5.60 Å². The standard InChI is InChI=1S/C14H26N2O3/c1-13(2,3)19-12(17)16-7-5-11-14(9-15,10-16)6-4-8-18-11/h11H,4-10,15H2,1-3H3. The van der Waals surface area contributed by atoms with Crippen LogP contribution in [0.4, 0.5) is 4.79 Å². The summed E-state index contributed by atoms with van der Waals surface area (Å²) in [6.45, 7) is 8.40. The fraction of sp³-hybridized carbons (Fsp3) is 0.929. The molecule has 0 saturated carbocycles. The number of piperidine rings is 1. The molecule has 2 unspecified atom stereocenters. The van der Waals surface area contributed by atoms with Gasteiger partial charge >= 0.3 is 6.09 Å². The molecule has 2 aliphatic rings. The van der Waals surface area contributed by atoms with Crippen LogP contribution in [0.5, 0.6) is 0 Å². The Balaban J connectivity index is 2.04. The third kappa shape index (κ3) is 3.20. The van der Waals surface area contributed by atoms with Gasteiger partial charge in [-0.15, -0.1) is 0 Å². The SMILES string of the molecule is CC(C)(C)OC(=O)N1CCC2OCCCC2(CN)C1. The first-order valence-corrected chi connectivity index (χ1v) is 7.16. The maximum atomic E-state index is 12.2. The Morgan fingerprint density at radius 1 is 1.53 bits per heavy atom. The molecular weight excluding hydrogens is 244 g/mol. The van der Waals surface area contributed by atoms with E-state index >= 15 is 0 Å². The van der Waals surface area contributed by atoms with Crippen molar-refractivity contribution >= 4 is 6.09 Å². The Labute approximate surface area is 115 Å². The van der Waals surface area contributed by atoms with Crippen LogP contribution >= 0.6 is 0 Å². The highest BCUT2D eigenvalue weighted by atomic mass is 16.6. The topological polar surface area (TPSA) is 64.8 Å². The van der Waals surface area contributed by atoms with Gasteiger partial charge in [0.15, 0.2) is 0 Å². The van der Waals surface area contributed by atoms with E-state index in [2.05, 4.69) is 0 Å². The molecule has 1 amide bonds. The second kappa shape index (κ2) is 5.29. The summed E-state index contributed by atoms with van der Waals surface area (Å²) < 4.78 is 11.3. The molecule has 0 radical (unpaired) electrons. The van der Waals surface area contributed by atoms with Gasteiger partial charge in [-0.3, -0.25) is 0 Å². The maximum absolute atomic E-state index is 12.2. The number of rotatable bonds is 1. The first-order chi connectivity index (χ1) is 8.86. The molecule has 0 spiro atoms. The van der Waals surface area contributed by atoms with E-state index in [-0.39, 0.29) is 17.6 Å². The maximum Gasteiger partial charge on any atom is 0.410 e. The van der Waals surface area contributed by atoms with Crippen molar-refractivity contribution in [3.63, 3.8) is 0 Å². The van der Waals surface area contributed by atoms with Gasteiger partial charge in [-0.1, -0.05) is 0 Å². The lowest BCUT2D eigenvalue weighted by atomic mass is 9.72. The first-order valence-electron chi connectivity index (χ1n) is 7.16. The van der Waals surface area contributed by atoms with Gasteiger partial charge in [-0.05, 0) is 40.0 Å². The third-order valence-corrected chi connectivity index (χ3v) is 4.05. The fourth-order valence-corrected chi connectivity index (χ4v) is 3.07. The van der Waals surface area contributed by atoms with E-state index in [9.17, 15) is 4.79 Å². The molecule has 2 aliphatic heterocycles. The number of fused-ring (bicyclic) bond motifs is 1. The molecule has 0 aromatic heterocycles. The molecule has 110 valence electrons. The van der Waals surface area contributed by atoms with Gasteiger partial charge in [-0.25, -0.2) is 4.79 Å². The molecule has 19 heavy (non-hydrogen) atoms. The summed E-state index contributed by atoms with van der Waals surface area (Å²) >= 11 is 0. The van der Waals surface area contributed by atoms with Crippen LogP contribution < -0.4 is 5.73 Å². The molecule has 0 bridgehead atoms. The van der Waals surface area contributed by atoms with Crippen molar-refractivity contribution in [2.75, 3.05) is 26.2 Å². The lowest BCUT2D eigenvalue weighted by Gasteiger charge is -2.49. The zero-order valence-corrected chi connectivity index (χ0v) is 12.3.